The molecule has 0 unspecified atom stereocenters. The highest BCUT2D eigenvalue weighted by Crippen LogP contribution is 2.28. The molecule has 1 aliphatic heterocycles. The Morgan fingerprint density at radius 3 is 2.36 bits per heavy atom. The molecule has 0 atom stereocenters. The van der Waals surface area contributed by atoms with E-state index in [1.165, 1.54) is 6.42 Å². The topological polar surface area (TPSA) is 66.5 Å². The average molecular weight is 401 g/mol. The highest BCUT2D eigenvalue weighted by Gasteiger charge is 2.19. The first-order valence-corrected chi connectivity index (χ1v) is 11.7. The van der Waals surface area contributed by atoms with Gasteiger partial charge in [0, 0.05) is 13.1 Å². The Bertz CT molecular complexity index is 876. The number of para-hydroxylation sites is 2. The summed E-state index contributed by atoms with van der Waals surface area (Å²) < 4.78 is 24.7. The van der Waals surface area contributed by atoms with E-state index < -0.39 is 21.5 Å². The standard InChI is InChI=1S/C22H28N2O3S/c25-22(18-28(26,27)17-9-12-19-10-3-1-4-11-19)23-20-13-5-6-14-21(20)24-15-7-2-8-16-24/h1,3-6,10-11,13-14H,2,7-9,12,15-18H2,(H,23,25). The fourth-order valence-electron chi connectivity index (χ4n) is 3.59. The van der Waals surface area contributed by atoms with Crippen molar-refractivity contribution in [1.29, 1.82) is 0 Å². The van der Waals surface area contributed by atoms with Gasteiger partial charge in [0.2, 0.25) is 5.91 Å². The lowest BCUT2D eigenvalue weighted by Crippen LogP contribution is -2.31. The van der Waals surface area contributed by atoms with Gasteiger partial charge in [-0.25, -0.2) is 8.42 Å². The van der Waals surface area contributed by atoms with Gasteiger partial charge in [0.05, 0.1) is 17.1 Å². The van der Waals surface area contributed by atoms with Crippen molar-refractivity contribution in [3.63, 3.8) is 0 Å². The predicted octanol–water partition coefficient (Wildman–Crippen LogP) is 3.66. The molecule has 0 saturated carbocycles. The Labute approximate surface area is 167 Å². The van der Waals surface area contributed by atoms with Crippen LogP contribution in [0.15, 0.2) is 54.6 Å². The zero-order valence-corrected chi connectivity index (χ0v) is 17.0. The first kappa shape index (κ1) is 20.4. The Morgan fingerprint density at radius 1 is 0.929 bits per heavy atom. The molecule has 2 aromatic carbocycles. The van der Waals surface area contributed by atoms with Gasteiger partial charge in [-0.1, -0.05) is 42.5 Å². The molecule has 0 bridgehead atoms. The lowest BCUT2D eigenvalue weighted by atomic mass is 10.1. The number of sulfone groups is 1. The molecule has 1 aliphatic rings. The van der Waals surface area contributed by atoms with E-state index in [0.29, 0.717) is 18.5 Å². The minimum atomic E-state index is -3.43. The van der Waals surface area contributed by atoms with Crippen LogP contribution in [-0.4, -0.2) is 38.9 Å². The fraction of sp³-hybridized carbons (Fsp3) is 0.409. The summed E-state index contributed by atoms with van der Waals surface area (Å²) in [6.45, 7) is 1.93. The van der Waals surface area contributed by atoms with Gasteiger partial charge >= 0.3 is 0 Å². The Hall–Kier alpha value is -2.34. The molecule has 0 radical (unpaired) electrons. The van der Waals surface area contributed by atoms with Gasteiger partial charge in [0.1, 0.15) is 5.75 Å². The number of nitrogens with one attached hydrogen (secondary N) is 1. The van der Waals surface area contributed by atoms with Crippen molar-refractivity contribution in [1.82, 2.24) is 0 Å². The van der Waals surface area contributed by atoms with Gasteiger partial charge in [-0.2, -0.15) is 0 Å². The van der Waals surface area contributed by atoms with Crippen LogP contribution in [0.3, 0.4) is 0 Å². The maximum Gasteiger partial charge on any atom is 0.239 e. The smallest absolute Gasteiger partial charge is 0.239 e. The Kier molecular flexibility index (Phi) is 7.09. The molecule has 2 aromatic rings. The monoisotopic (exact) mass is 400 g/mol. The van der Waals surface area contributed by atoms with Crippen LogP contribution in [0.1, 0.15) is 31.2 Å². The number of piperidine rings is 1. The summed E-state index contributed by atoms with van der Waals surface area (Å²) in [6, 6.07) is 17.4. The highest BCUT2D eigenvalue weighted by molar-refractivity contribution is 7.92. The third-order valence-electron chi connectivity index (χ3n) is 4.99. The van der Waals surface area contributed by atoms with Crippen LogP contribution in [0.5, 0.6) is 0 Å². The van der Waals surface area contributed by atoms with E-state index in [1.54, 1.807) is 0 Å². The molecule has 5 nitrogen and oxygen atoms in total. The summed E-state index contributed by atoms with van der Waals surface area (Å²) >= 11 is 0. The van der Waals surface area contributed by atoms with Crippen LogP contribution < -0.4 is 10.2 Å². The molecule has 0 aliphatic carbocycles. The second-order valence-electron chi connectivity index (χ2n) is 7.29. The van der Waals surface area contributed by atoms with Crippen molar-refractivity contribution in [2.45, 2.75) is 32.1 Å². The molecule has 6 heteroatoms. The molecule has 28 heavy (non-hydrogen) atoms. The minimum Gasteiger partial charge on any atom is -0.370 e. The predicted molar refractivity (Wildman–Crippen MR) is 115 cm³/mol. The molecule has 1 fully saturated rings. The summed E-state index contributed by atoms with van der Waals surface area (Å²) in [6.07, 6.45) is 4.71. The van der Waals surface area contributed by atoms with E-state index in [-0.39, 0.29) is 5.75 Å². The highest BCUT2D eigenvalue weighted by atomic mass is 32.2. The molecule has 1 saturated heterocycles. The SMILES string of the molecule is O=C(CS(=O)(=O)CCCc1ccccc1)Nc1ccccc1N1CCCCC1. The number of nitrogens with zero attached hydrogens (tertiary/aromatic N) is 1. The number of rotatable bonds is 8. The third kappa shape index (κ3) is 6.09. The number of hydrogen-bond donors (Lipinski definition) is 1. The summed E-state index contributed by atoms with van der Waals surface area (Å²) in [5, 5.41) is 2.81. The number of amides is 1. The quantitative estimate of drug-likeness (QED) is 0.734. The molecule has 0 spiro atoms. The third-order valence-corrected chi connectivity index (χ3v) is 6.60. The maximum atomic E-state index is 12.4. The number of carbonyl (C=O) groups is 1. The summed E-state index contributed by atoms with van der Waals surface area (Å²) in [5.74, 6) is -0.927. The molecule has 1 amide bonds. The summed E-state index contributed by atoms with van der Waals surface area (Å²) in [7, 11) is -3.43. The summed E-state index contributed by atoms with van der Waals surface area (Å²) in [4.78, 5) is 14.6. The van der Waals surface area contributed by atoms with E-state index >= 15 is 0 Å². The van der Waals surface area contributed by atoms with E-state index in [4.69, 9.17) is 0 Å². The van der Waals surface area contributed by atoms with Crippen LogP contribution in [0, 0.1) is 0 Å². The Balaban J connectivity index is 1.54. The number of carbonyl (C=O) groups excluding carboxylic acids is 1. The van der Waals surface area contributed by atoms with E-state index in [9.17, 15) is 13.2 Å². The van der Waals surface area contributed by atoms with Crippen molar-refractivity contribution in [3.8, 4) is 0 Å². The van der Waals surface area contributed by atoms with Crippen LogP contribution in [-0.2, 0) is 21.1 Å². The van der Waals surface area contributed by atoms with Crippen LogP contribution in [0.4, 0.5) is 11.4 Å². The van der Waals surface area contributed by atoms with Crippen molar-refractivity contribution in [3.05, 3.63) is 60.2 Å². The lowest BCUT2D eigenvalue weighted by molar-refractivity contribution is -0.113. The van der Waals surface area contributed by atoms with E-state index in [2.05, 4.69) is 10.2 Å². The van der Waals surface area contributed by atoms with Gasteiger partial charge < -0.3 is 10.2 Å². The molecule has 150 valence electrons. The lowest BCUT2D eigenvalue weighted by Gasteiger charge is -2.30. The van der Waals surface area contributed by atoms with Crippen molar-refractivity contribution in [2.75, 3.05) is 34.8 Å². The van der Waals surface area contributed by atoms with Crippen LogP contribution >= 0.6 is 0 Å². The molecule has 1 N–H and O–H groups in total. The molecular weight excluding hydrogens is 372 g/mol. The zero-order valence-electron chi connectivity index (χ0n) is 16.1. The normalized spacial score (nSPS) is 14.6. The zero-order chi connectivity index (χ0) is 19.8. The van der Waals surface area contributed by atoms with Crippen LogP contribution in [0.2, 0.25) is 0 Å². The van der Waals surface area contributed by atoms with Gasteiger partial charge in [0.25, 0.3) is 0 Å². The number of anilines is 2. The molecule has 0 aromatic heterocycles. The van der Waals surface area contributed by atoms with Crippen molar-refractivity contribution >= 4 is 27.1 Å². The first-order chi connectivity index (χ1) is 13.5. The van der Waals surface area contributed by atoms with Crippen molar-refractivity contribution in [2.24, 2.45) is 0 Å². The van der Waals surface area contributed by atoms with Gasteiger partial charge in [-0.05, 0) is 49.8 Å². The van der Waals surface area contributed by atoms with Crippen LogP contribution in [0.25, 0.3) is 0 Å². The Morgan fingerprint density at radius 2 is 1.61 bits per heavy atom. The fourth-order valence-corrected chi connectivity index (χ4v) is 4.79. The van der Waals surface area contributed by atoms with E-state index in [1.807, 2.05) is 54.6 Å². The summed E-state index contributed by atoms with van der Waals surface area (Å²) in [5.41, 5.74) is 2.77. The second-order valence-corrected chi connectivity index (χ2v) is 9.48. The second kappa shape index (κ2) is 9.73. The molecular formula is C22H28N2O3S. The van der Waals surface area contributed by atoms with Gasteiger partial charge in [-0.3, -0.25) is 4.79 Å². The maximum absolute atomic E-state index is 12.4. The first-order valence-electron chi connectivity index (χ1n) is 9.92. The number of benzene rings is 2. The number of hydrogen-bond acceptors (Lipinski definition) is 4. The molecule has 3 rings (SSSR count). The number of aryl methyl sites for hydroxylation is 1. The average Bonchev–Trinajstić information content (AvgIpc) is 2.69. The molecule has 1 heterocycles. The van der Waals surface area contributed by atoms with E-state index in [0.717, 1.165) is 37.2 Å². The largest absolute Gasteiger partial charge is 0.370 e. The van der Waals surface area contributed by atoms with Crippen molar-refractivity contribution < 1.29 is 13.2 Å². The van der Waals surface area contributed by atoms with Gasteiger partial charge in [-0.15, -0.1) is 0 Å². The minimum absolute atomic E-state index is 0.0170. The van der Waals surface area contributed by atoms with Gasteiger partial charge in [0.15, 0.2) is 9.84 Å².